The number of carbonyl (C=O) groups excluding carboxylic acids is 2. The van der Waals surface area contributed by atoms with Crippen molar-refractivity contribution in [1.29, 1.82) is 0 Å². The number of rotatable bonds is 6. The zero-order valence-corrected chi connectivity index (χ0v) is 19.7. The van der Waals surface area contributed by atoms with Crippen molar-refractivity contribution in [2.45, 2.75) is 25.3 Å². The molecule has 1 aliphatic rings. The van der Waals surface area contributed by atoms with Crippen molar-refractivity contribution >= 4 is 23.4 Å². The molecule has 3 aromatic rings. The van der Waals surface area contributed by atoms with Crippen LogP contribution in [0.4, 0.5) is 0 Å². The zero-order chi connectivity index (χ0) is 24.5. The summed E-state index contributed by atoms with van der Waals surface area (Å²) in [5, 5.41) is 12.2. The topological polar surface area (TPSA) is 128 Å². The lowest BCUT2D eigenvalue weighted by Crippen LogP contribution is -2.55. The van der Waals surface area contributed by atoms with Gasteiger partial charge in [-0.25, -0.2) is 0 Å². The van der Waals surface area contributed by atoms with Gasteiger partial charge >= 0.3 is 0 Å². The van der Waals surface area contributed by atoms with Crippen LogP contribution >= 0.6 is 11.6 Å². The van der Waals surface area contributed by atoms with Crippen molar-refractivity contribution in [3.63, 3.8) is 0 Å². The van der Waals surface area contributed by atoms with Gasteiger partial charge in [-0.05, 0) is 38.0 Å². The number of aryl methyl sites for hydroxylation is 1. The first-order valence-corrected chi connectivity index (χ1v) is 11.2. The summed E-state index contributed by atoms with van der Waals surface area (Å²) in [5.41, 5.74) is 5.81. The van der Waals surface area contributed by atoms with Crippen molar-refractivity contribution < 1.29 is 9.59 Å². The number of nitrogens with zero attached hydrogens (tertiary/aromatic N) is 5. The molecule has 2 amide bonds. The maximum Gasteiger partial charge on any atom is 0.284 e. The second kappa shape index (κ2) is 9.40. The van der Waals surface area contributed by atoms with Gasteiger partial charge in [-0.1, -0.05) is 23.7 Å². The van der Waals surface area contributed by atoms with Gasteiger partial charge < -0.3 is 11.1 Å². The molecule has 0 bridgehead atoms. The number of hydrogen-bond donors (Lipinski definition) is 2. The first kappa shape index (κ1) is 23.7. The van der Waals surface area contributed by atoms with Crippen LogP contribution in [0.5, 0.6) is 0 Å². The third kappa shape index (κ3) is 5.18. The molecule has 1 aliphatic heterocycles. The highest BCUT2D eigenvalue weighted by Gasteiger charge is 2.33. The Kier molecular flexibility index (Phi) is 6.54. The van der Waals surface area contributed by atoms with E-state index in [0.29, 0.717) is 47.9 Å². The fourth-order valence-electron chi connectivity index (χ4n) is 4.00. The number of aromatic nitrogens is 4. The van der Waals surface area contributed by atoms with Crippen LogP contribution in [-0.4, -0.2) is 61.4 Å². The quantitative estimate of drug-likeness (QED) is 0.544. The smallest absolute Gasteiger partial charge is 0.284 e. The Morgan fingerprint density at radius 3 is 2.47 bits per heavy atom. The Labute approximate surface area is 201 Å². The van der Waals surface area contributed by atoms with E-state index in [1.54, 1.807) is 42.2 Å². The molecule has 4 rings (SSSR count). The third-order valence-corrected chi connectivity index (χ3v) is 6.24. The molecule has 2 aromatic heterocycles. The molecule has 11 heteroatoms. The van der Waals surface area contributed by atoms with Gasteiger partial charge in [0, 0.05) is 36.3 Å². The van der Waals surface area contributed by atoms with Gasteiger partial charge in [0.25, 0.3) is 11.5 Å². The normalized spacial score (nSPS) is 15.7. The molecular weight excluding hydrogens is 458 g/mol. The van der Waals surface area contributed by atoms with E-state index in [-0.39, 0.29) is 18.0 Å². The maximum atomic E-state index is 13.3. The lowest BCUT2D eigenvalue weighted by molar-refractivity contribution is -0.119. The molecule has 0 saturated carbocycles. The average Bonchev–Trinajstić information content (AvgIpc) is 3.22. The largest absolute Gasteiger partial charge is 0.369 e. The minimum atomic E-state index is -0.544. The summed E-state index contributed by atoms with van der Waals surface area (Å²) < 4.78 is 2.74. The number of benzene rings is 1. The molecule has 0 radical (unpaired) electrons. The maximum absolute atomic E-state index is 13.3. The van der Waals surface area contributed by atoms with Crippen LogP contribution in [0.25, 0.3) is 16.9 Å². The fourth-order valence-corrected chi connectivity index (χ4v) is 4.13. The number of hydrogen-bond acceptors (Lipinski definition) is 6. The number of likely N-dealkylation sites (tertiary alicyclic amines) is 1. The molecule has 34 heavy (non-hydrogen) atoms. The Bertz CT molecular complexity index is 1270. The van der Waals surface area contributed by atoms with Crippen LogP contribution < -0.4 is 16.6 Å². The van der Waals surface area contributed by atoms with Crippen LogP contribution in [0, 0.1) is 0 Å². The van der Waals surface area contributed by atoms with Crippen molar-refractivity contribution in [3.05, 3.63) is 63.7 Å². The molecule has 0 spiro atoms. The van der Waals surface area contributed by atoms with E-state index >= 15 is 0 Å². The summed E-state index contributed by atoms with van der Waals surface area (Å²) in [6.45, 7) is 3.36. The molecule has 10 nitrogen and oxygen atoms in total. The number of amides is 2. The highest BCUT2D eigenvalue weighted by molar-refractivity contribution is 6.30. The van der Waals surface area contributed by atoms with E-state index < -0.39 is 17.0 Å². The summed E-state index contributed by atoms with van der Waals surface area (Å²) in [4.78, 5) is 39.8. The summed E-state index contributed by atoms with van der Waals surface area (Å²) in [7, 11) is 1.73. The Morgan fingerprint density at radius 2 is 1.88 bits per heavy atom. The molecule has 1 fully saturated rings. The number of nitrogens with two attached hydrogens (primary N) is 1. The highest BCUT2D eigenvalue weighted by Crippen LogP contribution is 2.23. The highest BCUT2D eigenvalue weighted by atomic mass is 35.5. The molecule has 0 unspecified atom stereocenters. The van der Waals surface area contributed by atoms with Gasteiger partial charge in [-0.2, -0.15) is 14.9 Å². The molecule has 3 heterocycles. The van der Waals surface area contributed by atoms with Gasteiger partial charge in [0.15, 0.2) is 0 Å². The molecule has 1 saturated heterocycles. The SMILES string of the molecule is Cn1cc(-n2nc(-c3ccc(Cl)cc3)cc(C(=O)NC3(C)CCN(CC(N)=O)CC3)c2=O)cn1. The number of nitrogens with one attached hydrogen (secondary N) is 1. The Hall–Kier alpha value is -3.50. The number of carbonyl (C=O) groups is 2. The lowest BCUT2D eigenvalue weighted by Gasteiger charge is -2.39. The van der Waals surface area contributed by atoms with Crippen LogP contribution in [0.3, 0.4) is 0 Å². The third-order valence-electron chi connectivity index (χ3n) is 5.99. The number of halogens is 1. The molecule has 0 aliphatic carbocycles. The van der Waals surface area contributed by atoms with Crippen LogP contribution in [0.2, 0.25) is 5.02 Å². The standard InChI is InChI=1S/C23H26ClN7O3/c1-23(7-9-30(10-8-23)14-20(25)32)27-21(33)18-11-19(15-3-5-16(24)6-4-15)28-31(22(18)34)17-12-26-29(2)13-17/h3-6,11-13H,7-10,14H2,1-2H3,(H2,25,32)(H,27,33). The molecular formula is C23H26ClN7O3. The summed E-state index contributed by atoms with van der Waals surface area (Å²) in [6.07, 6.45) is 4.41. The Morgan fingerprint density at radius 1 is 1.21 bits per heavy atom. The van der Waals surface area contributed by atoms with Gasteiger partial charge in [0.1, 0.15) is 11.3 Å². The van der Waals surface area contributed by atoms with E-state index in [2.05, 4.69) is 15.5 Å². The van der Waals surface area contributed by atoms with E-state index in [9.17, 15) is 14.4 Å². The lowest BCUT2D eigenvalue weighted by atomic mass is 9.89. The van der Waals surface area contributed by atoms with E-state index in [1.807, 2.05) is 11.8 Å². The van der Waals surface area contributed by atoms with E-state index in [4.69, 9.17) is 17.3 Å². The molecule has 1 aromatic carbocycles. The molecule has 178 valence electrons. The minimum Gasteiger partial charge on any atom is -0.369 e. The first-order chi connectivity index (χ1) is 16.1. The van der Waals surface area contributed by atoms with Gasteiger partial charge in [-0.3, -0.25) is 24.0 Å². The zero-order valence-electron chi connectivity index (χ0n) is 19.0. The van der Waals surface area contributed by atoms with Crippen molar-refractivity contribution in [3.8, 4) is 16.9 Å². The van der Waals surface area contributed by atoms with Crippen LogP contribution in [0.15, 0.2) is 47.5 Å². The van der Waals surface area contributed by atoms with E-state index in [1.165, 1.54) is 16.9 Å². The second-order valence-electron chi connectivity index (χ2n) is 8.80. The molecule has 0 atom stereocenters. The van der Waals surface area contributed by atoms with Gasteiger partial charge in [0.05, 0.1) is 24.6 Å². The fraction of sp³-hybridized carbons (Fsp3) is 0.348. The number of piperidine rings is 1. The predicted molar refractivity (Wildman–Crippen MR) is 128 cm³/mol. The summed E-state index contributed by atoms with van der Waals surface area (Å²) in [5.74, 6) is -0.860. The van der Waals surface area contributed by atoms with Gasteiger partial charge in [-0.15, -0.1) is 0 Å². The van der Waals surface area contributed by atoms with Crippen LogP contribution in [0.1, 0.15) is 30.1 Å². The molecule has 3 N–H and O–H groups in total. The predicted octanol–water partition coefficient (Wildman–Crippen LogP) is 1.36. The number of primary amides is 1. The monoisotopic (exact) mass is 483 g/mol. The Balaban J connectivity index is 1.67. The van der Waals surface area contributed by atoms with Crippen molar-refractivity contribution in [1.82, 2.24) is 29.8 Å². The van der Waals surface area contributed by atoms with E-state index in [0.717, 1.165) is 0 Å². The first-order valence-electron chi connectivity index (χ1n) is 10.9. The van der Waals surface area contributed by atoms with Crippen molar-refractivity contribution in [2.75, 3.05) is 19.6 Å². The second-order valence-corrected chi connectivity index (χ2v) is 9.23. The minimum absolute atomic E-state index is 0.0235. The van der Waals surface area contributed by atoms with Crippen molar-refractivity contribution in [2.24, 2.45) is 12.8 Å². The average molecular weight is 484 g/mol. The summed E-state index contributed by atoms with van der Waals surface area (Å²) in [6, 6.07) is 8.50. The van der Waals surface area contributed by atoms with Crippen LogP contribution in [-0.2, 0) is 11.8 Å². The summed E-state index contributed by atoms with van der Waals surface area (Å²) >= 11 is 6.02. The van der Waals surface area contributed by atoms with Gasteiger partial charge in [0.2, 0.25) is 5.91 Å².